The van der Waals surface area contributed by atoms with E-state index in [9.17, 15) is 0 Å². The van der Waals surface area contributed by atoms with Gasteiger partial charge in [0.15, 0.2) is 0 Å². The van der Waals surface area contributed by atoms with E-state index in [-0.39, 0.29) is 0 Å². The molecule has 2 aliphatic rings. The summed E-state index contributed by atoms with van der Waals surface area (Å²) in [5, 5.41) is 0. The van der Waals surface area contributed by atoms with E-state index in [1.54, 1.807) is 11.1 Å². The Morgan fingerprint density at radius 1 is 0.933 bits per heavy atom. The van der Waals surface area contributed by atoms with Crippen molar-refractivity contribution in [1.29, 1.82) is 0 Å². The van der Waals surface area contributed by atoms with E-state index in [2.05, 4.69) is 47.1 Å². The summed E-state index contributed by atoms with van der Waals surface area (Å²) >= 11 is 0. The molecule has 4 atom stereocenters. The average molecular weight is 203 g/mol. The van der Waals surface area contributed by atoms with Gasteiger partial charge in [0.1, 0.15) is 0 Å². The Morgan fingerprint density at radius 3 is 2.00 bits per heavy atom. The van der Waals surface area contributed by atoms with E-state index in [0.29, 0.717) is 0 Å². The SMILES string of the molecule is CCC1=CC2=C([CH]1)C(C)C(C)C(C)C2C. The molecule has 4 unspecified atom stereocenters. The molecule has 83 valence electrons. The lowest BCUT2D eigenvalue weighted by Gasteiger charge is -2.38. The largest absolute Gasteiger partial charge is 0.0621 e. The maximum absolute atomic E-state index is 2.44. The van der Waals surface area contributed by atoms with Crippen LogP contribution in [-0.4, -0.2) is 0 Å². The number of allylic oxidation sites excluding steroid dienone is 4. The summed E-state index contributed by atoms with van der Waals surface area (Å²) in [5.41, 5.74) is 4.79. The van der Waals surface area contributed by atoms with Gasteiger partial charge >= 0.3 is 0 Å². The predicted molar refractivity (Wildman–Crippen MR) is 66.4 cm³/mol. The highest BCUT2D eigenvalue weighted by molar-refractivity contribution is 5.51. The standard InChI is InChI=1S/C15H23/c1-6-13-7-14-11(4)9(2)10(3)12(5)15(14)8-13/h7-12H,6H2,1-5H3. The van der Waals surface area contributed by atoms with Crippen molar-refractivity contribution in [1.82, 2.24) is 0 Å². The molecule has 15 heavy (non-hydrogen) atoms. The first-order valence-electron chi connectivity index (χ1n) is 6.35. The molecule has 0 saturated heterocycles. The quantitative estimate of drug-likeness (QED) is 0.592. The van der Waals surface area contributed by atoms with Crippen LogP contribution in [0.3, 0.4) is 0 Å². The van der Waals surface area contributed by atoms with Crippen molar-refractivity contribution in [2.75, 3.05) is 0 Å². The summed E-state index contributed by atoms with van der Waals surface area (Å²) in [6.45, 7) is 11.9. The van der Waals surface area contributed by atoms with Crippen molar-refractivity contribution in [2.45, 2.75) is 41.0 Å². The molecule has 0 nitrogen and oxygen atoms in total. The van der Waals surface area contributed by atoms with Crippen LogP contribution < -0.4 is 0 Å². The van der Waals surface area contributed by atoms with Gasteiger partial charge in [0, 0.05) is 6.42 Å². The highest BCUT2D eigenvalue weighted by atomic mass is 14.4. The van der Waals surface area contributed by atoms with Gasteiger partial charge in [-0.1, -0.05) is 51.8 Å². The van der Waals surface area contributed by atoms with Crippen LogP contribution in [0.2, 0.25) is 0 Å². The molecule has 0 amide bonds. The summed E-state index contributed by atoms with van der Waals surface area (Å²) < 4.78 is 0. The zero-order chi connectivity index (χ0) is 11.2. The monoisotopic (exact) mass is 203 g/mol. The van der Waals surface area contributed by atoms with Gasteiger partial charge in [0.2, 0.25) is 0 Å². The van der Waals surface area contributed by atoms with Gasteiger partial charge in [0.05, 0.1) is 0 Å². The summed E-state index contributed by atoms with van der Waals surface area (Å²) in [6, 6.07) is 0. The fraction of sp³-hybridized carbons (Fsp3) is 0.667. The molecular weight excluding hydrogens is 180 g/mol. The Hall–Kier alpha value is -0.520. The molecule has 0 aromatic rings. The molecule has 0 aliphatic heterocycles. The lowest BCUT2D eigenvalue weighted by atomic mass is 9.67. The van der Waals surface area contributed by atoms with Crippen LogP contribution in [0.5, 0.6) is 0 Å². The van der Waals surface area contributed by atoms with Crippen LogP contribution >= 0.6 is 0 Å². The van der Waals surface area contributed by atoms with Gasteiger partial charge in [-0.05, 0) is 35.7 Å². The topological polar surface area (TPSA) is 0 Å². The Morgan fingerprint density at radius 2 is 1.47 bits per heavy atom. The minimum absolute atomic E-state index is 0.742. The zero-order valence-electron chi connectivity index (χ0n) is 10.7. The van der Waals surface area contributed by atoms with Gasteiger partial charge in [-0.3, -0.25) is 0 Å². The third kappa shape index (κ3) is 1.58. The maximum atomic E-state index is 2.44. The lowest BCUT2D eigenvalue weighted by Crippen LogP contribution is -2.29. The van der Waals surface area contributed by atoms with E-state index < -0.39 is 0 Å². The highest BCUT2D eigenvalue weighted by Gasteiger charge is 2.36. The van der Waals surface area contributed by atoms with Gasteiger partial charge in [0.25, 0.3) is 0 Å². The molecule has 2 rings (SSSR count). The van der Waals surface area contributed by atoms with E-state index in [1.165, 1.54) is 12.0 Å². The molecule has 0 saturated carbocycles. The smallest absolute Gasteiger partial charge is 0.0122 e. The fourth-order valence-electron chi connectivity index (χ4n) is 3.08. The van der Waals surface area contributed by atoms with Gasteiger partial charge < -0.3 is 0 Å². The number of rotatable bonds is 1. The summed E-state index contributed by atoms with van der Waals surface area (Å²) in [6.07, 6.45) is 6.06. The van der Waals surface area contributed by atoms with Crippen molar-refractivity contribution in [3.05, 3.63) is 29.2 Å². The Labute approximate surface area is 94.5 Å². The second-order valence-electron chi connectivity index (χ2n) is 5.42. The van der Waals surface area contributed by atoms with Crippen LogP contribution in [0.1, 0.15) is 41.0 Å². The molecule has 2 aliphatic carbocycles. The molecule has 0 bridgehead atoms. The number of hydrogen-bond donors (Lipinski definition) is 0. The van der Waals surface area contributed by atoms with Gasteiger partial charge in [-0.25, -0.2) is 0 Å². The van der Waals surface area contributed by atoms with Gasteiger partial charge in [-0.2, -0.15) is 0 Å². The Balaban J connectivity index is 2.33. The molecule has 0 fully saturated rings. The van der Waals surface area contributed by atoms with Crippen LogP contribution in [-0.2, 0) is 0 Å². The molecule has 0 heteroatoms. The van der Waals surface area contributed by atoms with E-state index >= 15 is 0 Å². The van der Waals surface area contributed by atoms with Crippen molar-refractivity contribution in [2.24, 2.45) is 23.7 Å². The second kappa shape index (κ2) is 3.81. The molecule has 0 aromatic heterocycles. The molecule has 1 radical (unpaired) electrons. The molecule has 0 spiro atoms. The normalized spacial score (nSPS) is 40.5. The van der Waals surface area contributed by atoms with Crippen LogP contribution in [0.4, 0.5) is 0 Å². The van der Waals surface area contributed by atoms with Crippen molar-refractivity contribution >= 4 is 0 Å². The van der Waals surface area contributed by atoms with Crippen molar-refractivity contribution in [3.8, 4) is 0 Å². The number of hydrogen-bond acceptors (Lipinski definition) is 0. The third-order valence-electron chi connectivity index (χ3n) is 4.81. The van der Waals surface area contributed by atoms with Crippen LogP contribution in [0.15, 0.2) is 22.8 Å². The maximum Gasteiger partial charge on any atom is 0.0122 e. The van der Waals surface area contributed by atoms with Gasteiger partial charge in [-0.15, -0.1) is 0 Å². The Kier molecular flexibility index (Phi) is 2.79. The van der Waals surface area contributed by atoms with Crippen molar-refractivity contribution in [3.63, 3.8) is 0 Å². The summed E-state index contributed by atoms with van der Waals surface area (Å²) in [7, 11) is 0. The fourth-order valence-corrected chi connectivity index (χ4v) is 3.08. The first-order valence-corrected chi connectivity index (χ1v) is 6.35. The molecular formula is C15H23. The zero-order valence-corrected chi connectivity index (χ0v) is 10.7. The Bertz CT molecular complexity index is 319. The average Bonchev–Trinajstić information content (AvgIpc) is 2.67. The molecule has 0 heterocycles. The molecule has 0 aromatic carbocycles. The van der Waals surface area contributed by atoms with Crippen LogP contribution in [0.25, 0.3) is 0 Å². The second-order valence-corrected chi connectivity index (χ2v) is 5.42. The molecule has 0 N–H and O–H groups in total. The lowest BCUT2D eigenvalue weighted by molar-refractivity contribution is 0.234. The van der Waals surface area contributed by atoms with Crippen LogP contribution in [0, 0.1) is 30.1 Å². The third-order valence-corrected chi connectivity index (χ3v) is 4.81. The first-order chi connectivity index (χ1) is 7.06. The minimum Gasteiger partial charge on any atom is -0.0621 e. The first kappa shape index (κ1) is 11.0. The van der Waals surface area contributed by atoms with E-state index in [4.69, 9.17) is 0 Å². The van der Waals surface area contributed by atoms with Crippen molar-refractivity contribution < 1.29 is 0 Å². The predicted octanol–water partition coefficient (Wildman–Crippen LogP) is 4.40. The summed E-state index contributed by atoms with van der Waals surface area (Å²) in [4.78, 5) is 0. The summed E-state index contributed by atoms with van der Waals surface area (Å²) in [5.74, 6) is 3.12. The van der Waals surface area contributed by atoms with E-state index in [1.807, 2.05) is 0 Å². The van der Waals surface area contributed by atoms with E-state index in [0.717, 1.165) is 23.7 Å². The minimum atomic E-state index is 0.742. The highest BCUT2D eigenvalue weighted by Crippen LogP contribution is 2.47.